The lowest BCUT2D eigenvalue weighted by Gasteiger charge is -2.22. The van der Waals surface area contributed by atoms with E-state index in [0.29, 0.717) is 22.9 Å². The topological polar surface area (TPSA) is 50.9 Å². The highest BCUT2D eigenvalue weighted by Crippen LogP contribution is 2.44. The second kappa shape index (κ2) is 15.7. The molecule has 0 aliphatic rings. The van der Waals surface area contributed by atoms with Crippen molar-refractivity contribution < 1.29 is 9.22 Å². The largest absolute Gasteiger partial charge is 0.507 e. The first-order valence-corrected chi connectivity index (χ1v) is 21.0. The van der Waals surface area contributed by atoms with E-state index in [1.165, 1.54) is 5.56 Å². The molecule has 4 heteroatoms. The molecule has 0 bridgehead atoms. The SMILES string of the molecule is [2H]C([2H])([2H])c1ccc(-c2ccnc(-c3cc(-c4cccc5c4nc(-c4cc(C(C)(C)C)cc(C)c4O)n5-c4ccc(CC(C)C)cc4-c4ccccc4)cc(C(C)(C)C)c3)c2)cc1. The molecule has 0 aliphatic heterocycles. The number of aromatic nitrogens is 3. The number of aryl methyl sites for hydroxylation is 2. The molecule has 0 unspecified atom stereocenters. The van der Waals surface area contributed by atoms with E-state index in [2.05, 4.69) is 163 Å². The number of para-hydroxylation sites is 1. The zero-order valence-corrected chi connectivity index (χ0v) is 36.4. The summed E-state index contributed by atoms with van der Waals surface area (Å²) in [5.74, 6) is 1.38. The molecule has 0 saturated heterocycles. The van der Waals surface area contributed by atoms with Crippen molar-refractivity contribution in [3.63, 3.8) is 0 Å². The Balaban J connectivity index is 1.39. The predicted octanol–water partition coefficient (Wildman–Crippen LogP) is 14.9. The van der Waals surface area contributed by atoms with Gasteiger partial charge in [0, 0.05) is 27.0 Å². The summed E-state index contributed by atoms with van der Waals surface area (Å²) in [6, 6.07) is 45.7. The van der Waals surface area contributed by atoms with Crippen LogP contribution in [0.1, 0.15) is 87.3 Å². The second-order valence-electron chi connectivity index (χ2n) is 18.8. The van der Waals surface area contributed by atoms with Crippen molar-refractivity contribution in [2.75, 3.05) is 0 Å². The van der Waals surface area contributed by atoms with E-state index in [-0.39, 0.29) is 16.6 Å². The van der Waals surface area contributed by atoms with Crippen LogP contribution in [-0.2, 0) is 17.3 Å². The summed E-state index contributed by atoms with van der Waals surface area (Å²) >= 11 is 0. The monoisotopic (exact) mass is 790 g/mol. The van der Waals surface area contributed by atoms with Crippen molar-refractivity contribution >= 4 is 11.0 Å². The quantitative estimate of drug-likeness (QED) is 0.167. The summed E-state index contributed by atoms with van der Waals surface area (Å²) in [6.07, 6.45) is 2.77. The van der Waals surface area contributed by atoms with Crippen molar-refractivity contribution in [1.82, 2.24) is 14.5 Å². The predicted molar refractivity (Wildman–Crippen MR) is 253 cm³/mol. The average molecular weight is 791 g/mol. The summed E-state index contributed by atoms with van der Waals surface area (Å²) in [4.78, 5) is 10.5. The molecular formula is C56H57N3O. The molecule has 0 fully saturated rings. The smallest absolute Gasteiger partial charge is 0.149 e. The first-order chi connectivity index (χ1) is 29.8. The normalized spacial score (nSPS) is 13.1. The van der Waals surface area contributed by atoms with Gasteiger partial charge >= 0.3 is 0 Å². The van der Waals surface area contributed by atoms with Crippen LogP contribution in [0.3, 0.4) is 0 Å². The Labute approximate surface area is 360 Å². The molecule has 0 radical (unpaired) electrons. The van der Waals surface area contributed by atoms with Gasteiger partial charge in [-0.25, -0.2) is 4.98 Å². The van der Waals surface area contributed by atoms with Crippen LogP contribution in [0.2, 0.25) is 0 Å². The maximum atomic E-state index is 12.0. The van der Waals surface area contributed by atoms with Crippen molar-refractivity contribution in [3.8, 4) is 67.5 Å². The third-order valence-electron chi connectivity index (χ3n) is 11.5. The van der Waals surface area contributed by atoms with E-state index in [4.69, 9.17) is 14.1 Å². The number of hydrogen-bond acceptors (Lipinski definition) is 3. The molecule has 1 N–H and O–H groups in total. The van der Waals surface area contributed by atoms with E-state index in [1.54, 1.807) is 12.1 Å². The van der Waals surface area contributed by atoms with E-state index in [1.807, 2.05) is 31.3 Å². The maximum absolute atomic E-state index is 12.0. The van der Waals surface area contributed by atoms with E-state index < -0.39 is 6.85 Å². The van der Waals surface area contributed by atoms with Crippen LogP contribution in [-0.4, -0.2) is 19.6 Å². The lowest BCUT2D eigenvalue weighted by atomic mass is 9.83. The maximum Gasteiger partial charge on any atom is 0.149 e. The zero-order chi connectivity index (χ0) is 45.0. The van der Waals surface area contributed by atoms with Crippen LogP contribution in [0.5, 0.6) is 5.75 Å². The van der Waals surface area contributed by atoms with Gasteiger partial charge in [-0.3, -0.25) is 9.55 Å². The van der Waals surface area contributed by atoms with E-state index >= 15 is 0 Å². The average Bonchev–Trinajstić information content (AvgIpc) is 3.63. The second-order valence-corrected chi connectivity index (χ2v) is 18.8. The van der Waals surface area contributed by atoms with Crippen LogP contribution < -0.4 is 0 Å². The summed E-state index contributed by atoms with van der Waals surface area (Å²) in [5, 5.41) is 12.0. The van der Waals surface area contributed by atoms with Crippen molar-refractivity contribution in [2.24, 2.45) is 5.92 Å². The highest BCUT2D eigenvalue weighted by molar-refractivity contribution is 5.98. The lowest BCUT2D eigenvalue weighted by molar-refractivity contribution is 0.471. The zero-order valence-electron chi connectivity index (χ0n) is 39.4. The number of rotatable bonds is 8. The van der Waals surface area contributed by atoms with Gasteiger partial charge in [-0.2, -0.15) is 0 Å². The molecule has 8 aromatic rings. The minimum atomic E-state index is -2.16. The molecule has 0 amide bonds. The molecule has 2 aromatic heterocycles. The number of imidazole rings is 1. The molecule has 0 atom stereocenters. The number of aromatic hydroxyl groups is 1. The van der Waals surface area contributed by atoms with Gasteiger partial charge < -0.3 is 5.11 Å². The minimum Gasteiger partial charge on any atom is -0.507 e. The Morgan fingerprint density at radius 2 is 1.35 bits per heavy atom. The Kier molecular flexibility index (Phi) is 9.65. The Bertz CT molecular complexity index is 2960. The van der Waals surface area contributed by atoms with E-state index in [9.17, 15) is 5.11 Å². The molecule has 0 aliphatic carbocycles. The number of hydrogen-bond donors (Lipinski definition) is 1. The Hall–Kier alpha value is -6.26. The third kappa shape index (κ3) is 8.04. The van der Waals surface area contributed by atoms with Crippen LogP contribution in [0.15, 0.2) is 140 Å². The van der Waals surface area contributed by atoms with Crippen LogP contribution >= 0.6 is 0 Å². The molecule has 0 saturated carbocycles. The van der Waals surface area contributed by atoms with Crippen molar-refractivity contribution in [1.29, 1.82) is 0 Å². The summed E-state index contributed by atoms with van der Waals surface area (Å²) in [5.41, 5.74) is 15.5. The van der Waals surface area contributed by atoms with Crippen LogP contribution in [0.25, 0.3) is 72.7 Å². The van der Waals surface area contributed by atoms with Gasteiger partial charge in [0.1, 0.15) is 11.6 Å². The third-order valence-corrected chi connectivity index (χ3v) is 11.5. The molecule has 6 aromatic carbocycles. The number of pyridine rings is 1. The number of nitrogens with zero attached hydrogens (tertiary/aromatic N) is 3. The van der Waals surface area contributed by atoms with Crippen LogP contribution in [0, 0.1) is 19.7 Å². The molecule has 0 spiro atoms. The van der Waals surface area contributed by atoms with Gasteiger partial charge in [0.2, 0.25) is 0 Å². The van der Waals surface area contributed by atoms with Gasteiger partial charge in [0.25, 0.3) is 0 Å². The van der Waals surface area contributed by atoms with Crippen molar-refractivity contribution in [3.05, 3.63) is 167 Å². The van der Waals surface area contributed by atoms with Gasteiger partial charge in [-0.15, -0.1) is 0 Å². The fourth-order valence-electron chi connectivity index (χ4n) is 8.16. The molecule has 8 rings (SSSR count). The fraction of sp³-hybridized carbons (Fsp3) is 0.250. The van der Waals surface area contributed by atoms with Gasteiger partial charge in [-0.1, -0.05) is 146 Å². The highest BCUT2D eigenvalue weighted by atomic mass is 16.3. The first kappa shape index (κ1) is 36.8. The standard InChI is InChI=1S/C56H57N3O/c1-35(2)27-38-21-24-50(47(29-38)40-15-12-11-13-16-40)59-51-18-14-17-46(52(51)58-54(59)48-34-44(55(5,6)7)28-37(4)53(48)60)42-30-43(32-45(31-42)56(8,9)10)49-33-41(25-26-57-49)39-22-19-36(3)20-23-39/h11-26,28-35,60H,27H2,1-10H3/i3D3. The minimum absolute atomic E-state index is 0.167. The Morgan fingerprint density at radius 3 is 2.05 bits per heavy atom. The number of phenols is 1. The first-order valence-electron chi connectivity index (χ1n) is 22.5. The van der Waals surface area contributed by atoms with Crippen molar-refractivity contribution in [2.45, 2.75) is 86.4 Å². The molecule has 2 heterocycles. The summed E-state index contributed by atoms with van der Waals surface area (Å²) < 4.78 is 25.8. The summed E-state index contributed by atoms with van der Waals surface area (Å²) in [6.45, 7) is 17.6. The van der Waals surface area contributed by atoms with Crippen LogP contribution in [0.4, 0.5) is 0 Å². The molecule has 302 valence electrons. The Morgan fingerprint density at radius 1 is 0.633 bits per heavy atom. The fourth-order valence-corrected chi connectivity index (χ4v) is 8.16. The van der Waals surface area contributed by atoms with Gasteiger partial charge in [-0.05, 0) is 130 Å². The molecular weight excluding hydrogens is 731 g/mol. The highest BCUT2D eigenvalue weighted by Gasteiger charge is 2.26. The lowest BCUT2D eigenvalue weighted by Crippen LogP contribution is -2.12. The molecule has 4 nitrogen and oxygen atoms in total. The number of fused-ring (bicyclic) bond motifs is 1. The number of benzene rings is 6. The molecule has 60 heavy (non-hydrogen) atoms. The van der Waals surface area contributed by atoms with Gasteiger partial charge in [0.05, 0.1) is 28.0 Å². The van der Waals surface area contributed by atoms with Gasteiger partial charge in [0.15, 0.2) is 0 Å². The number of phenolic OH excluding ortho intramolecular Hbond substituents is 1. The van der Waals surface area contributed by atoms with E-state index in [0.717, 1.165) is 84.5 Å². The summed E-state index contributed by atoms with van der Waals surface area (Å²) in [7, 11) is 0.